The Balaban J connectivity index is 1.65. The van der Waals surface area contributed by atoms with Crippen molar-refractivity contribution in [2.45, 2.75) is 38.2 Å². The molecule has 0 heterocycles. The minimum Gasteiger partial charge on any atom is -0.430 e. The summed E-state index contributed by atoms with van der Waals surface area (Å²) in [5.74, 6) is 5.15. The molecule has 33 heavy (non-hydrogen) atoms. The fourth-order valence-corrected chi connectivity index (χ4v) is 3.05. The molecular formula is C26H20F6O. The lowest BCUT2D eigenvalue weighted by atomic mass is 10.0. The molecule has 0 radical (unpaired) electrons. The summed E-state index contributed by atoms with van der Waals surface area (Å²) in [4.78, 5) is 0. The average Bonchev–Trinajstić information content (AvgIpc) is 2.78. The van der Waals surface area contributed by atoms with Crippen molar-refractivity contribution >= 4 is 0 Å². The normalized spacial score (nSPS) is 12.6. The predicted molar refractivity (Wildman–Crippen MR) is 115 cm³/mol. The zero-order valence-corrected chi connectivity index (χ0v) is 17.6. The summed E-state index contributed by atoms with van der Waals surface area (Å²) >= 11 is 0. The van der Waals surface area contributed by atoms with Crippen molar-refractivity contribution in [1.29, 1.82) is 0 Å². The number of alkyl halides is 6. The summed E-state index contributed by atoms with van der Waals surface area (Å²) in [6.07, 6.45) is -13.1. The van der Waals surface area contributed by atoms with E-state index in [0.29, 0.717) is 5.56 Å². The Hall–Kier alpha value is -3.40. The maximum Gasteiger partial charge on any atom is 0.439 e. The molecule has 0 aliphatic rings. The minimum absolute atomic E-state index is 0.425. The first-order valence-electron chi connectivity index (χ1n) is 10.2. The van der Waals surface area contributed by atoms with Crippen molar-refractivity contribution in [2.24, 2.45) is 0 Å². The average molecular weight is 462 g/mol. The van der Waals surface area contributed by atoms with Gasteiger partial charge in [-0.15, -0.1) is 0 Å². The first-order valence-corrected chi connectivity index (χ1v) is 10.2. The predicted octanol–water partition coefficient (Wildman–Crippen LogP) is 7.58. The third-order valence-corrected chi connectivity index (χ3v) is 4.75. The SMILES string of the molecule is CCCc1ccc(-c2ccc(C#Cc3ccc(OC(F)(F)C(F)C(F)(F)F)cc3)cc2)cc1. The van der Waals surface area contributed by atoms with Gasteiger partial charge in [-0.05, 0) is 59.5 Å². The van der Waals surface area contributed by atoms with Crippen LogP contribution in [-0.2, 0) is 6.42 Å². The molecule has 0 spiro atoms. The van der Waals surface area contributed by atoms with Gasteiger partial charge in [0.2, 0.25) is 0 Å². The van der Waals surface area contributed by atoms with Gasteiger partial charge in [0.25, 0.3) is 6.17 Å². The molecule has 1 nitrogen and oxygen atoms in total. The fraction of sp³-hybridized carbons (Fsp3) is 0.231. The summed E-state index contributed by atoms with van der Waals surface area (Å²) in [6, 6.07) is 20.5. The second-order valence-electron chi connectivity index (χ2n) is 7.37. The molecule has 0 aliphatic heterocycles. The summed E-state index contributed by atoms with van der Waals surface area (Å²) in [7, 11) is 0. The van der Waals surface area contributed by atoms with Crippen LogP contribution in [0.15, 0.2) is 72.8 Å². The Morgan fingerprint density at radius 3 is 1.64 bits per heavy atom. The van der Waals surface area contributed by atoms with Crippen molar-refractivity contribution in [1.82, 2.24) is 0 Å². The van der Waals surface area contributed by atoms with Crippen LogP contribution < -0.4 is 4.74 Å². The van der Waals surface area contributed by atoms with Crippen LogP contribution in [0.1, 0.15) is 30.0 Å². The molecule has 0 aliphatic carbocycles. The highest BCUT2D eigenvalue weighted by Crippen LogP contribution is 2.36. The Morgan fingerprint density at radius 1 is 0.727 bits per heavy atom. The minimum atomic E-state index is -5.73. The lowest BCUT2D eigenvalue weighted by molar-refractivity contribution is -0.304. The number of benzene rings is 3. The number of hydrogen-bond acceptors (Lipinski definition) is 1. The summed E-state index contributed by atoms with van der Waals surface area (Å²) < 4.78 is 80.1. The molecule has 0 saturated carbocycles. The lowest BCUT2D eigenvalue weighted by Crippen LogP contribution is -2.45. The van der Waals surface area contributed by atoms with Gasteiger partial charge in [-0.2, -0.15) is 22.0 Å². The van der Waals surface area contributed by atoms with Crippen molar-refractivity contribution in [3.63, 3.8) is 0 Å². The van der Waals surface area contributed by atoms with Gasteiger partial charge in [-0.25, -0.2) is 4.39 Å². The zero-order chi connectivity index (χ0) is 24.1. The highest BCUT2D eigenvalue weighted by atomic mass is 19.4. The summed E-state index contributed by atoms with van der Waals surface area (Å²) in [6.45, 7) is 2.13. The van der Waals surface area contributed by atoms with Crippen molar-refractivity contribution in [3.8, 4) is 28.7 Å². The molecule has 1 unspecified atom stereocenters. The van der Waals surface area contributed by atoms with Gasteiger partial charge in [-0.3, -0.25) is 0 Å². The van der Waals surface area contributed by atoms with Gasteiger partial charge in [-0.1, -0.05) is 61.6 Å². The second kappa shape index (κ2) is 10.0. The van der Waals surface area contributed by atoms with Crippen molar-refractivity contribution in [3.05, 3.63) is 89.5 Å². The molecule has 0 amide bonds. The van der Waals surface area contributed by atoms with Gasteiger partial charge in [0.1, 0.15) is 5.75 Å². The van der Waals surface area contributed by atoms with E-state index in [9.17, 15) is 26.3 Å². The van der Waals surface area contributed by atoms with Gasteiger partial charge in [0, 0.05) is 11.1 Å². The van der Waals surface area contributed by atoms with Crippen molar-refractivity contribution < 1.29 is 31.1 Å². The van der Waals surface area contributed by atoms with E-state index in [1.807, 2.05) is 24.3 Å². The molecule has 0 fully saturated rings. The number of aryl methyl sites for hydroxylation is 1. The van der Waals surface area contributed by atoms with E-state index in [1.165, 1.54) is 17.7 Å². The van der Waals surface area contributed by atoms with E-state index in [4.69, 9.17) is 0 Å². The maximum atomic E-state index is 13.3. The first-order chi connectivity index (χ1) is 15.6. The molecule has 3 aromatic carbocycles. The third-order valence-electron chi connectivity index (χ3n) is 4.75. The van der Waals surface area contributed by atoms with Crippen LogP contribution in [-0.4, -0.2) is 18.5 Å². The monoisotopic (exact) mass is 462 g/mol. The second-order valence-corrected chi connectivity index (χ2v) is 7.37. The maximum absolute atomic E-state index is 13.3. The number of hydrogen-bond donors (Lipinski definition) is 0. The van der Waals surface area contributed by atoms with Gasteiger partial charge < -0.3 is 4.74 Å². The molecule has 0 saturated heterocycles. The molecule has 0 aromatic heterocycles. The highest BCUT2D eigenvalue weighted by Gasteiger charge is 2.59. The highest BCUT2D eigenvalue weighted by molar-refractivity contribution is 5.64. The molecule has 0 bridgehead atoms. The Labute approximate surface area is 188 Å². The van der Waals surface area contributed by atoms with Crippen LogP contribution in [0.2, 0.25) is 0 Å². The standard InChI is InChI=1S/C26H20F6O/c1-2-3-18-6-12-21(13-7-18)22-14-8-19(9-15-22)4-5-20-10-16-23(17-11-20)33-26(31,32)24(27)25(28,29)30/h6-17,24H,2-3H2,1H3. The van der Waals surface area contributed by atoms with E-state index in [1.54, 1.807) is 0 Å². The molecule has 7 heteroatoms. The lowest BCUT2D eigenvalue weighted by Gasteiger charge is -2.23. The first kappa shape index (κ1) is 24.2. The van der Waals surface area contributed by atoms with Gasteiger partial charge in [0.15, 0.2) is 0 Å². The van der Waals surface area contributed by atoms with Crippen LogP contribution in [0.5, 0.6) is 5.75 Å². The fourth-order valence-electron chi connectivity index (χ4n) is 3.05. The largest absolute Gasteiger partial charge is 0.439 e. The van der Waals surface area contributed by atoms with E-state index in [-0.39, 0.29) is 0 Å². The molecular weight excluding hydrogens is 442 g/mol. The Bertz CT molecular complexity index is 1110. The van der Waals surface area contributed by atoms with E-state index in [0.717, 1.165) is 41.7 Å². The Kier molecular flexibility index (Phi) is 7.37. The summed E-state index contributed by atoms with van der Waals surface area (Å²) in [5.41, 5.74) is 4.56. The topological polar surface area (TPSA) is 9.23 Å². The van der Waals surface area contributed by atoms with Crippen LogP contribution >= 0.6 is 0 Å². The van der Waals surface area contributed by atoms with Crippen molar-refractivity contribution in [2.75, 3.05) is 0 Å². The number of halogens is 6. The molecule has 3 aromatic rings. The molecule has 0 N–H and O–H groups in total. The number of ether oxygens (including phenoxy) is 1. The smallest absolute Gasteiger partial charge is 0.430 e. The summed E-state index contributed by atoms with van der Waals surface area (Å²) in [5, 5.41) is 0. The van der Waals surface area contributed by atoms with E-state index < -0.39 is 24.2 Å². The molecule has 172 valence electrons. The van der Waals surface area contributed by atoms with Crippen LogP contribution in [0.3, 0.4) is 0 Å². The zero-order valence-electron chi connectivity index (χ0n) is 17.6. The van der Waals surface area contributed by atoms with Gasteiger partial charge >= 0.3 is 12.3 Å². The number of rotatable bonds is 6. The third kappa shape index (κ3) is 6.55. The quantitative estimate of drug-likeness (QED) is 0.271. The Morgan fingerprint density at radius 2 is 1.18 bits per heavy atom. The van der Waals surface area contributed by atoms with E-state index >= 15 is 0 Å². The molecule has 1 atom stereocenters. The molecule has 3 rings (SSSR count). The van der Waals surface area contributed by atoms with Crippen LogP contribution in [0.25, 0.3) is 11.1 Å². The van der Waals surface area contributed by atoms with E-state index in [2.05, 4.69) is 47.8 Å². The van der Waals surface area contributed by atoms with Crippen LogP contribution in [0.4, 0.5) is 26.3 Å². The van der Waals surface area contributed by atoms with Crippen LogP contribution in [0, 0.1) is 11.8 Å². The van der Waals surface area contributed by atoms with Gasteiger partial charge in [0.05, 0.1) is 0 Å².